The molecule has 0 saturated heterocycles. The fourth-order valence-electron chi connectivity index (χ4n) is 7.46. The van der Waals surface area contributed by atoms with Gasteiger partial charge in [-0.05, 0) is 79.6 Å². The van der Waals surface area contributed by atoms with Crippen LogP contribution in [-0.2, 0) is 38.0 Å². The molecule has 0 aromatic heterocycles. The molecule has 0 radical (unpaired) electrons. The van der Waals surface area contributed by atoms with Gasteiger partial charge in [-0.1, -0.05) is 170 Å². The van der Waals surface area contributed by atoms with Crippen molar-refractivity contribution in [1.82, 2.24) is 0 Å². The van der Waals surface area contributed by atoms with Crippen LogP contribution in [0.25, 0.3) is 33.4 Å². The topological polar surface area (TPSA) is 0 Å². The molecule has 0 heterocycles. The van der Waals surface area contributed by atoms with Crippen LogP contribution in [0.5, 0.6) is 0 Å². The minimum Gasteiger partial charge on any atom is -0.0804 e. The maximum atomic E-state index is 2.42. The fraction of sp³-hybridized carbons (Fsp3) is 0.0698. The zero-order valence-corrected chi connectivity index (χ0v) is 27.0. The van der Waals surface area contributed by atoms with Crippen LogP contribution in [0.2, 0.25) is 0 Å². The zero-order valence-electron chi connectivity index (χ0n) is 24.6. The summed E-state index contributed by atoms with van der Waals surface area (Å²) >= 11 is 0. The van der Waals surface area contributed by atoms with Crippen LogP contribution in [0.4, 0.5) is 0 Å². The van der Waals surface area contributed by atoms with Crippen molar-refractivity contribution in [1.29, 1.82) is 0 Å². The second-order valence-electron chi connectivity index (χ2n) is 11.6. The summed E-state index contributed by atoms with van der Waals surface area (Å²) in [5, 5.41) is 0. The average molecular weight is 640 g/mol. The van der Waals surface area contributed by atoms with Crippen molar-refractivity contribution in [3.05, 3.63) is 203 Å². The Morgan fingerprint density at radius 3 is 1.61 bits per heavy atom. The molecule has 0 fully saturated rings. The van der Waals surface area contributed by atoms with E-state index in [0.29, 0.717) is 0 Å². The Morgan fingerprint density at radius 2 is 1.02 bits per heavy atom. The summed E-state index contributed by atoms with van der Waals surface area (Å²) in [4.78, 5) is 0. The zero-order chi connectivity index (χ0) is 28.6. The van der Waals surface area contributed by atoms with Crippen LogP contribution in [0, 0.1) is 0 Å². The van der Waals surface area contributed by atoms with E-state index in [2.05, 4.69) is 170 Å². The molecule has 0 nitrogen and oxygen atoms in total. The summed E-state index contributed by atoms with van der Waals surface area (Å²) in [5.41, 5.74) is 15.6. The summed E-state index contributed by atoms with van der Waals surface area (Å²) in [7, 11) is 0. The molecular weight excluding hydrogens is 608 g/mol. The number of hydrogen-bond acceptors (Lipinski definition) is 0. The van der Waals surface area contributed by atoms with Gasteiger partial charge in [0.1, 0.15) is 0 Å². The normalized spacial score (nSPS) is 13.1. The molecule has 44 heavy (non-hydrogen) atoms. The first-order chi connectivity index (χ1) is 21.3. The van der Waals surface area contributed by atoms with E-state index in [9.17, 15) is 0 Å². The van der Waals surface area contributed by atoms with E-state index in [1.165, 1.54) is 66.8 Å². The Labute approximate surface area is 279 Å². The molecule has 6 aromatic carbocycles. The molecule has 0 N–H and O–H groups in total. The number of rotatable bonds is 6. The Bertz CT molecular complexity index is 1950. The van der Waals surface area contributed by atoms with Gasteiger partial charge in [-0.2, -0.15) is 0 Å². The second-order valence-corrected chi connectivity index (χ2v) is 11.6. The van der Waals surface area contributed by atoms with Crippen LogP contribution in [0.1, 0.15) is 34.2 Å². The number of allylic oxidation sites excluding steroid dienone is 4. The van der Waals surface area contributed by atoms with Crippen LogP contribution >= 0.6 is 0 Å². The summed E-state index contributed by atoms with van der Waals surface area (Å²) in [6.07, 6.45) is 8.74. The molecule has 0 saturated carbocycles. The Hall–Kier alpha value is -4.32. The molecule has 0 spiro atoms. The molecule has 2 aliphatic rings. The largest absolute Gasteiger partial charge is 0.0804 e. The maximum Gasteiger partial charge on any atom is 0.0676 e. The van der Waals surface area contributed by atoms with Gasteiger partial charge in [0.25, 0.3) is 0 Å². The molecule has 0 aliphatic heterocycles. The SMILES string of the molecule is C1=CCC(C(c2ccccc2)(c2ccccc2)c2c(-c3ccccc3)ccc3c2Cc2cc(-c4ccccc4)ccc2-3)=C1.[Zr]. The minimum atomic E-state index is -0.452. The third-order valence-electron chi connectivity index (χ3n) is 9.31. The minimum absolute atomic E-state index is 0. The van der Waals surface area contributed by atoms with E-state index < -0.39 is 5.41 Å². The van der Waals surface area contributed by atoms with Gasteiger partial charge >= 0.3 is 0 Å². The third kappa shape index (κ3) is 4.63. The van der Waals surface area contributed by atoms with Crippen molar-refractivity contribution in [2.24, 2.45) is 0 Å². The molecule has 8 rings (SSSR count). The quantitative estimate of drug-likeness (QED) is 0.159. The van der Waals surface area contributed by atoms with Crippen LogP contribution in [-0.4, -0.2) is 0 Å². The van der Waals surface area contributed by atoms with E-state index in [0.717, 1.165) is 12.8 Å². The first-order valence-electron chi connectivity index (χ1n) is 15.2. The molecule has 2 aliphatic carbocycles. The van der Waals surface area contributed by atoms with E-state index >= 15 is 0 Å². The molecule has 208 valence electrons. The smallest absolute Gasteiger partial charge is 0.0676 e. The summed E-state index contributed by atoms with van der Waals surface area (Å²) in [6, 6.07) is 55.9. The molecule has 0 atom stereocenters. The monoisotopic (exact) mass is 638 g/mol. The van der Waals surface area contributed by atoms with Gasteiger partial charge in [-0.25, -0.2) is 0 Å². The van der Waals surface area contributed by atoms with E-state index in [4.69, 9.17) is 0 Å². The van der Waals surface area contributed by atoms with Gasteiger partial charge in [0.2, 0.25) is 0 Å². The second kappa shape index (κ2) is 12.0. The van der Waals surface area contributed by atoms with Gasteiger partial charge in [0, 0.05) is 26.2 Å². The molecule has 6 aromatic rings. The van der Waals surface area contributed by atoms with Gasteiger partial charge in [-0.15, -0.1) is 0 Å². The Balaban J connectivity index is 0.00000312. The van der Waals surface area contributed by atoms with Crippen molar-refractivity contribution in [2.75, 3.05) is 0 Å². The van der Waals surface area contributed by atoms with Crippen molar-refractivity contribution in [2.45, 2.75) is 18.3 Å². The average Bonchev–Trinajstić information content (AvgIpc) is 3.76. The molecule has 0 bridgehead atoms. The van der Waals surface area contributed by atoms with Gasteiger partial charge in [-0.3, -0.25) is 0 Å². The first-order valence-corrected chi connectivity index (χ1v) is 15.2. The van der Waals surface area contributed by atoms with Gasteiger partial charge in [0.05, 0.1) is 5.41 Å². The molecular formula is C43H32Zr. The van der Waals surface area contributed by atoms with Crippen LogP contribution in [0.15, 0.2) is 175 Å². The van der Waals surface area contributed by atoms with Crippen molar-refractivity contribution in [3.63, 3.8) is 0 Å². The molecule has 0 unspecified atom stereocenters. The third-order valence-corrected chi connectivity index (χ3v) is 9.31. The van der Waals surface area contributed by atoms with Crippen molar-refractivity contribution in [3.8, 4) is 33.4 Å². The van der Waals surface area contributed by atoms with Gasteiger partial charge < -0.3 is 0 Å². The van der Waals surface area contributed by atoms with E-state index in [-0.39, 0.29) is 26.2 Å². The van der Waals surface area contributed by atoms with Crippen LogP contribution < -0.4 is 0 Å². The summed E-state index contributed by atoms with van der Waals surface area (Å²) in [6.45, 7) is 0. The Morgan fingerprint density at radius 1 is 0.477 bits per heavy atom. The van der Waals surface area contributed by atoms with Gasteiger partial charge in [0.15, 0.2) is 0 Å². The number of hydrogen-bond donors (Lipinski definition) is 0. The predicted molar refractivity (Wildman–Crippen MR) is 180 cm³/mol. The standard InChI is InChI=1S/C43H32.Zr/c1-5-15-31(16-6-1)33-25-26-38-34(29-33)30-41-40(38)28-27-39(32-17-7-2-8-18-32)42(41)43(37-23-13-14-24-37,35-19-9-3-10-20-35)36-21-11-4-12-22-36;/h1-23,25-29H,24,30H2;. The number of benzene rings is 6. The predicted octanol–water partition coefficient (Wildman–Crippen LogP) is 10.8. The fourth-order valence-corrected chi connectivity index (χ4v) is 7.46. The van der Waals surface area contributed by atoms with E-state index in [1.807, 2.05) is 0 Å². The molecule has 1 heteroatoms. The van der Waals surface area contributed by atoms with E-state index in [1.54, 1.807) is 0 Å². The summed E-state index contributed by atoms with van der Waals surface area (Å²) < 4.78 is 0. The van der Waals surface area contributed by atoms with Crippen LogP contribution in [0.3, 0.4) is 0 Å². The van der Waals surface area contributed by atoms with Crippen molar-refractivity contribution >= 4 is 0 Å². The Kier molecular flexibility index (Phi) is 7.75. The summed E-state index contributed by atoms with van der Waals surface area (Å²) in [5.74, 6) is 0. The maximum absolute atomic E-state index is 2.42. The number of fused-ring (bicyclic) bond motifs is 3. The molecule has 0 amide bonds. The van der Waals surface area contributed by atoms with Crippen molar-refractivity contribution < 1.29 is 26.2 Å². The first kappa shape index (κ1) is 28.5.